The van der Waals surface area contributed by atoms with Gasteiger partial charge in [-0.15, -0.1) is 0 Å². The van der Waals surface area contributed by atoms with Crippen molar-refractivity contribution in [3.8, 4) is 0 Å². The lowest BCUT2D eigenvalue weighted by atomic mass is 9.94. The second-order valence-corrected chi connectivity index (χ2v) is 5.93. The van der Waals surface area contributed by atoms with Crippen molar-refractivity contribution >= 4 is 5.91 Å². The summed E-state index contributed by atoms with van der Waals surface area (Å²) in [6, 6.07) is 5.15. The molecular formula is C16H20N4O2. The maximum absolute atomic E-state index is 12.6. The molecule has 0 spiro atoms. The molecule has 1 aliphatic rings. The number of nitrogens with one attached hydrogen (secondary N) is 1. The number of aromatic nitrogens is 3. The Morgan fingerprint density at radius 3 is 2.91 bits per heavy atom. The van der Waals surface area contributed by atoms with Crippen molar-refractivity contribution in [2.75, 3.05) is 13.1 Å². The predicted octanol–water partition coefficient (Wildman–Crippen LogP) is 1.44. The monoisotopic (exact) mass is 300 g/mol. The lowest BCUT2D eigenvalue weighted by molar-refractivity contribution is 0.0705. The number of rotatable bonds is 2. The summed E-state index contributed by atoms with van der Waals surface area (Å²) >= 11 is 0. The standard InChI is InChI=1S/C16H20N4O2/c1-11-8-14(18-17-11)13-4-3-6-20(10-13)16(22)12-5-7-19(2)15(21)9-12/h5,7-9,13H,3-4,6,10H2,1-2H3,(H,17,18). The van der Waals surface area contributed by atoms with Gasteiger partial charge in [-0.1, -0.05) is 0 Å². The van der Waals surface area contributed by atoms with Crippen LogP contribution >= 0.6 is 0 Å². The molecule has 6 nitrogen and oxygen atoms in total. The molecule has 1 amide bonds. The minimum Gasteiger partial charge on any atom is -0.338 e. The van der Waals surface area contributed by atoms with Crippen LogP contribution in [0.1, 0.15) is 40.5 Å². The van der Waals surface area contributed by atoms with E-state index in [1.165, 1.54) is 10.6 Å². The van der Waals surface area contributed by atoms with Crippen molar-refractivity contribution < 1.29 is 4.79 Å². The van der Waals surface area contributed by atoms with Crippen LogP contribution in [0.4, 0.5) is 0 Å². The molecule has 0 saturated carbocycles. The van der Waals surface area contributed by atoms with Crippen LogP contribution in [-0.4, -0.2) is 38.7 Å². The van der Waals surface area contributed by atoms with Gasteiger partial charge in [0.25, 0.3) is 11.5 Å². The predicted molar refractivity (Wildman–Crippen MR) is 82.9 cm³/mol. The van der Waals surface area contributed by atoms with Gasteiger partial charge >= 0.3 is 0 Å². The van der Waals surface area contributed by atoms with Gasteiger partial charge in [-0.3, -0.25) is 14.7 Å². The topological polar surface area (TPSA) is 71.0 Å². The number of H-pyrrole nitrogens is 1. The molecule has 3 rings (SSSR count). The maximum Gasteiger partial charge on any atom is 0.254 e. The molecule has 2 aromatic heterocycles. The van der Waals surface area contributed by atoms with Gasteiger partial charge in [-0.2, -0.15) is 5.10 Å². The molecule has 1 fully saturated rings. The number of amides is 1. The largest absolute Gasteiger partial charge is 0.338 e. The van der Waals surface area contributed by atoms with E-state index >= 15 is 0 Å². The normalized spacial score (nSPS) is 18.5. The van der Waals surface area contributed by atoms with Gasteiger partial charge in [0.1, 0.15) is 0 Å². The number of aryl methyl sites for hydroxylation is 2. The molecule has 1 saturated heterocycles. The summed E-state index contributed by atoms with van der Waals surface area (Å²) in [5, 5.41) is 7.27. The Morgan fingerprint density at radius 2 is 2.23 bits per heavy atom. The highest BCUT2D eigenvalue weighted by Gasteiger charge is 2.27. The SMILES string of the molecule is Cc1cc(C2CCCN(C(=O)c3ccn(C)c(=O)c3)C2)n[nH]1. The Morgan fingerprint density at radius 1 is 1.41 bits per heavy atom. The van der Waals surface area contributed by atoms with Gasteiger partial charge < -0.3 is 9.47 Å². The summed E-state index contributed by atoms with van der Waals surface area (Å²) in [5.74, 6) is 0.184. The first-order valence-electron chi connectivity index (χ1n) is 7.52. The van der Waals surface area contributed by atoms with Crippen LogP contribution in [0.15, 0.2) is 29.2 Å². The zero-order valence-corrected chi connectivity index (χ0v) is 12.9. The van der Waals surface area contributed by atoms with Crippen molar-refractivity contribution in [2.45, 2.75) is 25.7 Å². The van der Waals surface area contributed by atoms with Gasteiger partial charge in [-0.25, -0.2) is 0 Å². The average Bonchev–Trinajstić information content (AvgIpc) is 2.96. The molecule has 0 aliphatic carbocycles. The van der Waals surface area contributed by atoms with Crippen LogP contribution in [0.2, 0.25) is 0 Å². The summed E-state index contributed by atoms with van der Waals surface area (Å²) in [6.45, 7) is 3.36. The van der Waals surface area contributed by atoms with Gasteiger partial charge in [0.15, 0.2) is 0 Å². The molecule has 2 aromatic rings. The fourth-order valence-corrected chi connectivity index (χ4v) is 2.92. The van der Waals surface area contributed by atoms with E-state index in [1.807, 2.05) is 17.9 Å². The number of pyridine rings is 1. The molecule has 6 heteroatoms. The molecular weight excluding hydrogens is 280 g/mol. The van der Waals surface area contributed by atoms with Crippen LogP contribution < -0.4 is 5.56 Å². The van der Waals surface area contributed by atoms with E-state index in [0.717, 1.165) is 30.8 Å². The fraction of sp³-hybridized carbons (Fsp3) is 0.438. The Bertz CT molecular complexity index is 747. The third-order valence-electron chi connectivity index (χ3n) is 4.20. The first-order chi connectivity index (χ1) is 10.5. The van der Waals surface area contributed by atoms with Crippen LogP contribution in [-0.2, 0) is 7.05 Å². The zero-order valence-electron chi connectivity index (χ0n) is 12.9. The number of hydrogen-bond donors (Lipinski definition) is 1. The highest BCUT2D eigenvalue weighted by molar-refractivity contribution is 5.94. The minimum absolute atomic E-state index is 0.0744. The van der Waals surface area contributed by atoms with Crippen molar-refractivity contribution in [1.29, 1.82) is 0 Å². The maximum atomic E-state index is 12.6. The Labute approximate surface area is 128 Å². The van der Waals surface area contributed by atoms with Gasteiger partial charge in [0.05, 0.1) is 5.69 Å². The molecule has 0 bridgehead atoms. The van der Waals surface area contributed by atoms with Crippen LogP contribution in [0, 0.1) is 6.92 Å². The minimum atomic E-state index is -0.165. The van der Waals surface area contributed by atoms with E-state index in [9.17, 15) is 9.59 Å². The number of aromatic amines is 1. The lowest BCUT2D eigenvalue weighted by Gasteiger charge is -2.32. The first kappa shape index (κ1) is 14.6. The van der Waals surface area contributed by atoms with Gasteiger partial charge in [0.2, 0.25) is 0 Å². The number of hydrogen-bond acceptors (Lipinski definition) is 3. The fourth-order valence-electron chi connectivity index (χ4n) is 2.92. The third kappa shape index (κ3) is 2.81. The lowest BCUT2D eigenvalue weighted by Crippen LogP contribution is -2.39. The van der Waals surface area contributed by atoms with Crippen LogP contribution in [0.25, 0.3) is 0 Å². The summed E-state index contributed by atoms with van der Waals surface area (Å²) in [4.78, 5) is 26.1. The smallest absolute Gasteiger partial charge is 0.254 e. The molecule has 1 N–H and O–H groups in total. The number of likely N-dealkylation sites (tertiary alicyclic amines) is 1. The molecule has 116 valence electrons. The highest BCUT2D eigenvalue weighted by Crippen LogP contribution is 2.26. The number of carbonyl (C=O) groups is 1. The van der Waals surface area contributed by atoms with Gasteiger partial charge in [0, 0.05) is 49.6 Å². The van der Waals surface area contributed by atoms with Crippen molar-refractivity contribution in [3.05, 3.63) is 51.7 Å². The molecule has 22 heavy (non-hydrogen) atoms. The van der Waals surface area contributed by atoms with Crippen molar-refractivity contribution in [1.82, 2.24) is 19.7 Å². The van der Waals surface area contributed by atoms with Crippen molar-refractivity contribution in [3.63, 3.8) is 0 Å². The van der Waals surface area contributed by atoms with Crippen LogP contribution in [0.5, 0.6) is 0 Å². The summed E-state index contributed by atoms with van der Waals surface area (Å²) in [7, 11) is 1.67. The molecule has 3 heterocycles. The number of nitrogens with zero attached hydrogens (tertiary/aromatic N) is 3. The Hall–Kier alpha value is -2.37. The first-order valence-corrected chi connectivity index (χ1v) is 7.52. The Balaban J connectivity index is 1.77. The van der Waals surface area contributed by atoms with E-state index < -0.39 is 0 Å². The molecule has 0 radical (unpaired) electrons. The number of carbonyl (C=O) groups excluding carboxylic acids is 1. The van der Waals surface area contributed by atoms with Gasteiger partial charge in [-0.05, 0) is 31.9 Å². The zero-order chi connectivity index (χ0) is 15.7. The van der Waals surface area contributed by atoms with Crippen molar-refractivity contribution in [2.24, 2.45) is 7.05 Å². The number of piperidine rings is 1. The summed E-state index contributed by atoms with van der Waals surface area (Å²) < 4.78 is 1.46. The molecule has 1 unspecified atom stereocenters. The molecule has 0 aromatic carbocycles. The van der Waals surface area contributed by atoms with E-state index in [-0.39, 0.29) is 17.4 Å². The average molecular weight is 300 g/mol. The molecule has 1 aliphatic heterocycles. The third-order valence-corrected chi connectivity index (χ3v) is 4.20. The highest BCUT2D eigenvalue weighted by atomic mass is 16.2. The van der Waals surface area contributed by atoms with E-state index in [4.69, 9.17) is 0 Å². The van der Waals surface area contributed by atoms with Crippen LogP contribution in [0.3, 0.4) is 0 Å². The quantitative estimate of drug-likeness (QED) is 0.912. The van der Waals surface area contributed by atoms with E-state index in [1.54, 1.807) is 19.3 Å². The summed E-state index contributed by atoms with van der Waals surface area (Å²) in [6.07, 6.45) is 3.62. The Kier molecular flexibility index (Phi) is 3.83. The molecule has 1 atom stereocenters. The van der Waals surface area contributed by atoms with E-state index in [0.29, 0.717) is 12.1 Å². The summed E-state index contributed by atoms with van der Waals surface area (Å²) in [5.41, 5.74) is 2.34. The second kappa shape index (κ2) is 5.79. The van der Waals surface area contributed by atoms with E-state index in [2.05, 4.69) is 10.2 Å². The second-order valence-electron chi connectivity index (χ2n) is 5.93.